The predicted molar refractivity (Wildman–Crippen MR) is 70.4 cm³/mol. The minimum Gasteiger partial charge on any atom is -0.481 e. The van der Waals surface area contributed by atoms with Crippen LogP contribution in [0.25, 0.3) is 0 Å². The Labute approximate surface area is 108 Å². The Morgan fingerprint density at radius 2 is 1.89 bits per heavy atom. The lowest BCUT2D eigenvalue weighted by atomic mass is 10.2. The fraction of sp³-hybridized carbons (Fsp3) is 0.750. The molecule has 6 heteroatoms. The summed E-state index contributed by atoms with van der Waals surface area (Å²) in [5.74, 6) is 0.842. The van der Waals surface area contributed by atoms with Crippen LogP contribution in [0.5, 0.6) is 5.88 Å². The van der Waals surface area contributed by atoms with E-state index in [9.17, 15) is 0 Å². The molecule has 0 aliphatic carbocycles. The molecule has 1 N–H and O–H groups in total. The molecule has 0 atom stereocenters. The third-order valence-electron chi connectivity index (χ3n) is 3.46. The lowest BCUT2D eigenvalue weighted by Crippen LogP contribution is -2.50. The number of nitrogens with one attached hydrogen (secondary N) is 1. The minimum atomic E-state index is 0.770. The Hall–Kier alpha value is -1.11. The topological polar surface area (TPSA) is 45.6 Å². The smallest absolute Gasteiger partial charge is 0.216 e. The van der Waals surface area contributed by atoms with Crippen LogP contribution in [0, 0.1) is 6.92 Å². The van der Waals surface area contributed by atoms with Crippen molar-refractivity contribution in [3.05, 3.63) is 11.3 Å². The number of likely N-dealkylation sites (N-methyl/N-ethyl adjacent to an activating group) is 1. The maximum Gasteiger partial charge on any atom is 0.216 e. The number of nitrogens with zero attached hydrogens (tertiary/aromatic N) is 4. The highest BCUT2D eigenvalue weighted by atomic mass is 16.5. The molecule has 1 aliphatic heterocycles. The van der Waals surface area contributed by atoms with Gasteiger partial charge in [-0.2, -0.15) is 5.10 Å². The normalized spacial score (nSPS) is 18.2. The number of ether oxygens (including phenoxy) is 1. The van der Waals surface area contributed by atoms with Gasteiger partial charge in [-0.3, -0.25) is 5.43 Å². The van der Waals surface area contributed by atoms with Crippen LogP contribution in [-0.4, -0.2) is 60.0 Å². The van der Waals surface area contributed by atoms with Gasteiger partial charge in [0.25, 0.3) is 0 Å². The van der Waals surface area contributed by atoms with E-state index in [-0.39, 0.29) is 0 Å². The lowest BCUT2D eigenvalue weighted by molar-refractivity contribution is 0.102. The molecule has 6 nitrogen and oxygen atoms in total. The quantitative estimate of drug-likeness (QED) is 0.818. The van der Waals surface area contributed by atoms with Crippen molar-refractivity contribution < 1.29 is 4.74 Å². The van der Waals surface area contributed by atoms with Gasteiger partial charge in [-0.15, -0.1) is 0 Å². The highest BCUT2D eigenvalue weighted by Crippen LogP contribution is 2.20. The predicted octanol–water partition coefficient (Wildman–Crippen LogP) is -0.0109. The van der Waals surface area contributed by atoms with Gasteiger partial charge in [-0.05, 0) is 14.0 Å². The van der Waals surface area contributed by atoms with Gasteiger partial charge >= 0.3 is 0 Å². The zero-order chi connectivity index (χ0) is 13.1. The van der Waals surface area contributed by atoms with E-state index in [4.69, 9.17) is 4.74 Å². The van der Waals surface area contributed by atoms with Crippen molar-refractivity contribution in [3.8, 4) is 5.88 Å². The molecular weight excluding hydrogens is 230 g/mol. The van der Waals surface area contributed by atoms with Crippen LogP contribution >= 0.6 is 0 Å². The number of rotatable bonds is 4. The number of hydrogen-bond acceptors (Lipinski definition) is 5. The maximum absolute atomic E-state index is 5.39. The first-order valence-corrected chi connectivity index (χ1v) is 6.35. The summed E-state index contributed by atoms with van der Waals surface area (Å²) in [4.78, 5) is 2.34. The van der Waals surface area contributed by atoms with Crippen molar-refractivity contribution in [2.24, 2.45) is 7.05 Å². The van der Waals surface area contributed by atoms with Crippen molar-refractivity contribution in [1.29, 1.82) is 0 Å². The standard InChI is InChI=1S/C12H23N5O/c1-10-11(12(18-4)16(3)14-10)9-13-17-7-5-15(2)6-8-17/h13H,5-9H2,1-4H3. The highest BCUT2D eigenvalue weighted by Gasteiger charge is 2.17. The number of hydrazine groups is 1. The van der Waals surface area contributed by atoms with Crippen LogP contribution in [-0.2, 0) is 13.6 Å². The van der Waals surface area contributed by atoms with Gasteiger partial charge in [0.15, 0.2) is 0 Å². The molecule has 2 heterocycles. The summed E-state index contributed by atoms with van der Waals surface area (Å²) < 4.78 is 7.18. The first kappa shape index (κ1) is 13.3. The van der Waals surface area contributed by atoms with Crippen molar-refractivity contribution in [1.82, 2.24) is 25.1 Å². The SMILES string of the molecule is COc1c(CNN2CCN(C)CC2)c(C)nn1C. The number of aryl methyl sites for hydroxylation is 2. The van der Waals surface area contributed by atoms with Gasteiger partial charge < -0.3 is 9.64 Å². The number of aromatic nitrogens is 2. The number of methoxy groups -OCH3 is 1. The molecule has 102 valence electrons. The Morgan fingerprint density at radius 3 is 2.50 bits per heavy atom. The van der Waals surface area contributed by atoms with Gasteiger partial charge in [0, 0.05) is 39.8 Å². The van der Waals surface area contributed by atoms with Crippen LogP contribution < -0.4 is 10.2 Å². The third-order valence-corrected chi connectivity index (χ3v) is 3.46. The molecule has 0 bridgehead atoms. The molecule has 1 aliphatic rings. The summed E-state index contributed by atoms with van der Waals surface area (Å²) in [5, 5.41) is 6.65. The molecule has 1 aromatic rings. The molecule has 0 amide bonds. The maximum atomic E-state index is 5.39. The van der Waals surface area contributed by atoms with Crippen LogP contribution in [0.15, 0.2) is 0 Å². The Kier molecular flexibility index (Phi) is 4.21. The highest BCUT2D eigenvalue weighted by molar-refractivity contribution is 5.30. The Balaban J connectivity index is 1.94. The molecule has 1 aromatic heterocycles. The molecule has 0 unspecified atom stereocenters. The fourth-order valence-corrected chi connectivity index (χ4v) is 2.30. The van der Waals surface area contributed by atoms with E-state index >= 15 is 0 Å². The van der Waals surface area contributed by atoms with E-state index in [1.807, 2.05) is 14.0 Å². The second-order valence-corrected chi connectivity index (χ2v) is 4.82. The summed E-state index contributed by atoms with van der Waals surface area (Å²) in [6, 6.07) is 0. The minimum absolute atomic E-state index is 0.770. The van der Waals surface area contributed by atoms with E-state index in [1.54, 1.807) is 11.8 Å². The second-order valence-electron chi connectivity index (χ2n) is 4.82. The summed E-state index contributed by atoms with van der Waals surface area (Å²) in [7, 11) is 5.76. The zero-order valence-electron chi connectivity index (χ0n) is 11.7. The first-order valence-electron chi connectivity index (χ1n) is 6.35. The molecular formula is C12H23N5O. The number of piperazine rings is 1. The van der Waals surface area contributed by atoms with Crippen molar-refractivity contribution >= 4 is 0 Å². The fourth-order valence-electron chi connectivity index (χ4n) is 2.30. The van der Waals surface area contributed by atoms with E-state index in [0.717, 1.165) is 49.9 Å². The van der Waals surface area contributed by atoms with Crippen molar-refractivity contribution in [2.45, 2.75) is 13.5 Å². The number of hydrogen-bond donors (Lipinski definition) is 1. The van der Waals surface area contributed by atoms with Gasteiger partial charge in [-0.1, -0.05) is 0 Å². The molecule has 1 fully saturated rings. The molecule has 2 rings (SSSR count). The second kappa shape index (κ2) is 5.69. The van der Waals surface area contributed by atoms with Crippen molar-refractivity contribution in [2.75, 3.05) is 40.3 Å². The van der Waals surface area contributed by atoms with Crippen molar-refractivity contribution in [3.63, 3.8) is 0 Å². The van der Waals surface area contributed by atoms with Crippen LogP contribution in [0.1, 0.15) is 11.3 Å². The molecule has 0 saturated carbocycles. The summed E-state index contributed by atoms with van der Waals surface area (Å²) in [5.41, 5.74) is 5.62. The van der Waals surface area contributed by atoms with Crippen LogP contribution in [0.3, 0.4) is 0 Å². The Morgan fingerprint density at radius 1 is 1.22 bits per heavy atom. The zero-order valence-corrected chi connectivity index (χ0v) is 11.7. The molecule has 0 spiro atoms. The molecule has 0 aromatic carbocycles. The Bertz CT molecular complexity index is 395. The largest absolute Gasteiger partial charge is 0.481 e. The average Bonchev–Trinajstić information content (AvgIpc) is 2.62. The molecule has 18 heavy (non-hydrogen) atoms. The van der Waals surface area contributed by atoms with E-state index in [0.29, 0.717) is 0 Å². The first-order chi connectivity index (χ1) is 8.61. The van der Waals surface area contributed by atoms with Gasteiger partial charge in [0.2, 0.25) is 5.88 Å². The molecule has 1 saturated heterocycles. The van der Waals surface area contributed by atoms with E-state index in [2.05, 4.69) is 27.5 Å². The van der Waals surface area contributed by atoms with Crippen LogP contribution in [0.4, 0.5) is 0 Å². The third kappa shape index (κ3) is 2.82. The van der Waals surface area contributed by atoms with Gasteiger partial charge in [0.05, 0.1) is 18.4 Å². The average molecular weight is 253 g/mol. The summed E-state index contributed by atoms with van der Waals surface area (Å²) >= 11 is 0. The van der Waals surface area contributed by atoms with Gasteiger partial charge in [0.1, 0.15) is 0 Å². The lowest BCUT2D eigenvalue weighted by Gasteiger charge is -2.32. The van der Waals surface area contributed by atoms with E-state index < -0.39 is 0 Å². The summed E-state index contributed by atoms with van der Waals surface area (Å²) in [6.07, 6.45) is 0. The summed E-state index contributed by atoms with van der Waals surface area (Å²) in [6.45, 7) is 7.11. The monoisotopic (exact) mass is 253 g/mol. The van der Waals surface area contributed by atoms with Crippen LogP contribution in [0.2, 0.25) is 0 Å². The van der Waals surface area contributed by atoms with Gasteiger partial charge in [-0.25, -0.2) is 9.69 Å². The van der Waals surface area contributed by atoms with E-state index in [1.165, 1.54) is 0 Å². The molecule has 0 radical (unpaired) electrons.